The van der Waals surface area contributed by atoms with Crippen LogP contribution in [0.4, 0.5) is 5.13 Å². The van der Waals surface area contributed by atoms with Crippen LogP contribution in [-0.2, 0) is 6.54 Å². The lowest BCUT2D eigenvalue weighted by Gasteiger charge is -2.34. The summed E-state index contributed by atoms with van der Waals surface area (Å²) in [4.78, 5) is 23.5. The maximum absolute atomic E-state index is 12.3. The number of hydrogen-bond acceptors (Lipinski definition) is 6. The van der Waals surface area contributed by atoms with Gasteiger partial charge in [0.15, 0.2) is 5.13 Å². The fourth-order valence-electron chi connectivity index (χ4n) is 3.50. The Morgan fingerprint density at radius 3 is 2.77 bits per heavy atom. The predicted molar refractivity (Wildman–Crippen MR) is 104 cm³/mol. The van der Waals surface area contributed by atoms with Crippen molar-refractivity contribution in [3.63, 3.8) is 0 Å². The van der Waals surface area contributed by atoms with Gasteiger partial charge < -0.3 is 4.74 Å². The van der Waals surface area contributed by atoms with Crippen molar-refractivity contribution in [2.45, 2.75) is 33.7 Å². The van der Waals surface area contributed by atoms with Crippen LogP contribution in [0, 0.1) is 11.8 Å². The minimum absolute atomic E-state index is 0.207. The Balaban J connectivity index is 1.56. The molecule has 0 spiro atoms. The Labute approximate surface area is 158 Å². The number of carbonyl (C=O) groups excluding carboxylic acids is 1. The molecule has 0 aliphatic carbocycles. The van der Waals surface area contributed by atoms with E-state index >= 15 is 0 Å². The van der Waals surface area contributed by atoms with Gasteiger partial charge in [0.05, 0.1) is 17.9 Å². The lowest BCUT2D eigenvalue weighted by molar-refractivity contribution is 0.102. The number of ether oxygens (including phenoxy) is 1. The van der Waals surface area contributed by atoms with Crippen LogP contribution >= 0.6 is 11.3 Å². The zero-order valence-corrected chi connectivity index (χ0v) is 16.4. The highest BCUT2D eigenvalue weighted by Gasteiger charge is 2.22. The first kappa shape index (κ1) is 18.8. The first-order chi connectivity index (χ1) is 12.5. The maximum atomic E-state index is 12.3. The third kappa shape index (κ3) is 5.02. The molecule has 0 bridgehead atoms. The van der Waals surface area contributed by atoms with Gasteiger partial charge in [0, 0.05) is 37.3 Å². The van der Waals surface area contributed by atoms with Gasteiger partial charge in [-0.2, -0.15) is 0 Å². The van der Waals surface area contributed by atoms with Crippen LogP contribution in [0.3, 0.4) is 0 Å². The second-order valence-corrected chi connectivity index (χ2v) is 7.91. The van der Waals surface area contributed by atoms with Crippen molar-refractivity contribution in [3.8, 4) is 5.88 Å². The maximum Gasteiger partial charge on any atom is 0.259 e. The molecular weight excluding hydrogens is 348 g/mol. The summed E-state index contributed by atoms with van der Waals surface area (Å²) in [5, 5.41) is 5.50. The highest BCUT2D eigenvalue weighted by molar-refractivity contribution is 7.13. The van der Waals surface area contributed by atoms with E-state index in [-0.39, 0.29) is 5.91 Å². The fourth-order valence-corrected chi connectivity index (χ4v) is 4.20. The molecule has 1 saturated heterocycles. The van der Waals surface area contributed by atoms with Gasteiger partial charge in [0.2, 0.25) is 5.88 Å². The molecule has 6 nitrogen and oxygen atoms in total. The van der Waals surface area contributed by atoms with E-state index in [1.54, 1.807) is 12.1 Å². The van der Waals surface area contributed by atoms with E-state index in [1.165, 1.54) is 24.0 Å². The summed E-state index contributed by atoms with van der Waals surface area (Å²) in [6, 6.07) is 3.41. The van der Waals surface area contributed by atoms with Gasteiger partial charge in [-0.3, -0.25) is 15.0 Å². The quantitative estimate of drug-likeness (QED) is 0.836. The van der Waals surface area contributed by atoms with Crippen molar-refractivity contribution in [2.75, 3.05) is 25.0 Å². The monoisotopic (exact) mass is 374 g/mol. The third-order valence-corrected chi connectivity index (χ3v) is 5.20. The fraction of sp³-hybridized carbons (Fsp3) is 0.526. The molecule has 1 aliphatic rings. The molecule has 0 saturated carbocycles. The number of anilines is 1. The molecule has 2 aromatic heterocycles. The average Bonchev–Trinajstić information content (AvgIpc) is 3.01. The van der Waals surface area contributed by atoms with E-state index < -0.39 is 0 Å². The van der Waals surface area contributed by atoms with Gasteiger partial charge in [-0.05, 0) is 31.2 Å². The zero-order chi connectivity index (χ0) is 18.5. The average molecular weight is 375 g/mol. The highest BCUT2D eigenvalue weighted by atomic mass is 32.1. The molecule has 26 heavy (non-hydrogen) atoms. The standard InChI is InChI=1S/C19H26N4O2S/c1-4-25-17-6-5-15(8-20-17)18(24)22-19-21-16(12-26-19)11-23-9-13(2)7-14(3)10-23/h5-6,8,12-14H,4,7,9-11H2,1-3H3,(H,21,22,24)/t13-,14-/m0/s1. The predicted octanol–water partition coefficient (Wildman–Crippen LogP) is 3.67. The Kier molecular flexibility index (Phi) is 6.21. The Morgan fingerprint density at radius 2 is 2.12 bits per heavy atom. The summed E-state index contributed by atoms with van der Waals surface area (Å²) >= 11 is 1.46. The second-order valence-electron chi connectivity index (χ2n) is 7.06. The number of hydrogen-bond donors (Lipinski definition) is 1. The van der Waals surface area contributed by atoms with E-state index in [1.807, 2.05) is 12.3 Å². The summed E-state index contributed by atoms with van der Waals surface area (Å²) in [5.74, 6) is 1.76. The number of rotatable bonds is 6. The van der Waals surface area contributed by atoms with E-state index in [9.17, 15) is 4.79 Å². The number of amides is 1. The van der Waals surface area contributed by atoms with Gasteiger partial charge in [0.25, 0.3) is 5.91 Å². The molecule has 3 rings (SSSR count). The van der Waals surface area contributed by atoms with Crippen molar-refractivity contribution in [3.05, 3.63) is 35.0 Å². The SMILES string of the molecule is CCOc1ccc(C(=O)Nc2nc(CN3C[C@@H](C)C[C@H](C)C3)cs2)cn1. The summed E-state index contributed by atoms with van der Waals surface area (Å²) in [6.07, 6.45) is 2.82. The van der Waals surface area contributed by atoms with Gasteiger partial charge in [0.1, 0.15) is 0 Å². The number of thiazole rings is 1. The number of nitrogens with zero attached hydrogens (tertiary/aromatic N) is 3. The topological polar surface area (TPSA) is 67.3 Å². The summed E-state index contributed by atoms with van der Waals surface area (Å²) < 4.78 is 5.29. The minimum atomic E-state index is -0.207. The molecule has 0 aromatic carbocycles. The number of likely N-dealkylation sites (tertiary alicyclic amines) is 1. The molecule has 1 N–H and O–H groups in total. The molecule has 1 amide bonds. The first-order valence-electron chi connectivity index (χ1n) is 9.10. The molecule has 1 fully saturated rings. The van der Waals surface area contributed by atoms with Gasteiger partial charge in [-0.25, -0.2) is 9.97 Å². The lowest BCUT2D eigenvalue weighted by atomic mass is 9.92. The Hall–Kier alpha value is -1.99. The van der Waals surface area contributed by atoms with Crippen molar-refractivity contribution < 1.29 is 9.53 Å². The number of aromatic nitrogens is 2. The highest BCUT2D eigenvalue weighted by Crippen LogP contribution is 2.24. The van der Waals surface area contributed by atoms with Crippen LogP contribution in [-0.4, -0.2) is 40.5 Å². The number of pyridine rings is 1. The van der Waals surface area contributed by atoms with Crippen molar-refractivity contribution in [1.29, 1.82) is 0 Å². The van der Waals surface area contributed by atoms with E-state index in [2.05, 4.69) is 34.0 Å². The van der Waals surface area contributed by atoms with Crippen LogP contribution in [0.2, 0.25) is 0 Å². The van der Waals surface area contributed by atoms with Crippen LogP contribution in [0.5, 0.6) is 5.88 Å². The smallest absolute Gasteiger partial charge is 0.259 e. The van der Waals surface area contributed by atoms with Gasteiger partial charge in [-0.15, -0.1) is 11.3 Å². The van der Waals surface area contributed by atoms with Crippen molar-refractivity contribution in [2.24, 2.45) is 11.8 Å². The van der Waals surface area contributed by atoms with Crippen LogP contribution in [0.1, 0.15) is 43.2 Å². The van der Waals surface area contributed by atoms with Gasteiger partial charge >= 0.3 is 0 Å². The zero-order valence-electron chi connectivity index (χ0n) is 15.6. The number of carbonyl (C=O) groups is 1. The third-order valence-electron chi connectivity index (χ3n) is 4.39. The molecule has 1 aliphatic heterocycles. The minimum Gasteiger partial charge on any atom is -0.478 e. The largest absolute Gasteiger partial charge is 0.478 e. The molecule has 140 valence electrons. The van der Waals surface area contributed by atoms with Crippen LogP contribution < -0.4 is 10.1 Å². The summed E-state index contributed by atoms with van der Waals surface area (Å²) in [7, 11) is 0. The van der Waals surface area contributed by atoms with Crippen molar-refractivity contribution in [1.82, 2.24) is 14.9 Å². The van der Waals surface area contributed by atoms with E-state index in [0.29, 0.717) is 23.2 Å². The van der Waals surface area contributed by atoms with E-state index in [0.717, 1.165) is 37.2 Å². The molecule has 3 heterocycles. The molecule has 0 unspecified atom stereocenters. The Morgan fingerprint density at radius 1 is 1.35 bits per heavy atom. The molecule has 0 radical (unpaired) electrons. The normalized spacial score (nSPS) is 20.7. The van der Waals surface area contributed by atoms with E-state index in [4.69, 9.17) is 4.74 Å². The second kappa shape index (κ2) is 8.60. The molecule has 2 aromatic rings. The van der Waals surface area contributed by atoms with Crippen LogP contribution in [0.15, 0.2) is 23.7 Å². The van der Waals surface area contributed by atoms with Crippen molar-refractivity contribution >= 4 is 22.4 Å². The lowest BCUT2D eigenvalue weighted by Crippen LogP contribution is -2.38. The van der Waals surface area contributed by atoms with Gasteiger partial charge in [-0.1, -0.05) is 13.8 Å². The number of piperidine rings is 1. The molecular formula is C19H26N4O2S. The Bertz CT molecular complexity index is 721. The summed E-state index contributed by atoms with van der Waals surface area (Å²) in [6.45, 7) is 10.1. The summed E-state index contributed by atoms with van der Waals surface area (Å²) in [5.41, 5.74) is 1.50. The molecule has 7 heteroatoms. The number of nitrogens with one attached hydrogen (secondary N) is 1. The molecule has 2 atom stereocenters. The van der Waals surface area contributed by atoms with Crippen LogP contribution in [0.25, 0.3) is 0 Å². The first-order valence-corrected chi connectivity index (χ1v) is 9.98.